The molecule has 1 aromatic carbocycles. The van der Waals surface area contributed by atoms with Crippen molar-refractivity contribution in [3.05, 3.63) is 76.7 Å². The van der Waals surface area contributed by atoms with Crippen molar-refractivity contribution < 1.29 is 14.3 Å². The zero-order valence-electron chi connectivity index (χ0n) is 20.0. The number of thiophene rings is 1. The van der Waals surface area contributed by atoms with Gasteiger partial charge in [-0.2, -0.15) is 0 Å². The van der Waals surface area contributed by atoms with Crippen LogP contribution in [0.3, 0.4) is 0 Å². The van der Waals surface area contributed by atoms with Crippen molar-refractivity contribution in [2.45, 2.75) is 25.6 Å². The molecule has 1 aliphatic rings. The lowest BCUT2D eigenvalue weighted by atomic mass is 10.0. The summed E-state index contributed by atoms with van der Waals surface area (Å²) in [6, 6.07) is 17.4. The van der Waals surface area contributed by atoms with Gasteiger partial charge in [-0.25, -0.2) is 0 Å². The predicted molar refractivity (Wildman–Crippen MR) is 138 cm³/mol. The first kappa shape index (κ1) is 24.7. The third kappa shape index (κ3) is 6.37. The molecular formula is C26H31N5O3S. The number of aromatic nitrogens is 1. The second kappa shape index (κ2) is 11.8. The van der Waals surface area contributed by atoms with E-state index in [0.29, 0.717) is 5.69 Å². The second-order valence-electron chi connectivity index (χ2n) is 8.45. The van der Waals surface area contributed by atoms with Gasteiger partial charge in [0.15, 0.2) is 0 Å². The number of rotatable bonds is 8. The molecule has 2 amide bonds. The highest BCUT2D eigenvalue weighted by molar-refractivity contribution is 7.10. The Morgan fingerprint density at radius 2 is 1.80 bits per heavy atom. The largest absolute Gasteiger partial charge is 0.497 e. The van der Waals surface area contributed by atoms with Gasteiger partial charge >= 0.3 is 11.8 Å². The van der Waals surface area contributed by atoms with Gasteiger partial charge in [-0.1, -0.05) is 12.1 Å². The topological polar surface area (TPSA) is 86.8 Å². The SMILES string of the molecule is COc1ccc(N2CCN([C@@H](c3cccs3)[C@H](C)NC(=O)C(=O)NCc3ccccn3)CC2)cc1. The Kier molecular flexibility index (Phi) is 8.33. The van der Waals surface area contributed by atoms with Gasteiger partial charge < -0.3 is 20.3 Å². The van der Waals surface area contributed by atoms with E-state index < -0.39 is 11.8 Å². The molecule has 8 nitrogen and oxygen atoms in total. The number of hydrogen-bond donors (Lipinski definition) is 2. The Labute approximate surface area is 209 Å². The molecule has 9 heteroatoms. The van der Waals surface area contributed by atoms with Gasteiger partial charge in [-0.05, 0) is 54.8 Å². The van der Waals surface area contributed by atoms with Crippen LogP contribution in [-0.4, -0.2) is 61.0 Å². The molecule has 0 aliphatic carbocycles. The van der Waals surface area contributed by atoms with Crippen molar-refractivity contribution in [3.63, 3.8) is 0 Å². The average Bonchev–Trinajstić information content (AvgIpc) is 3.43. The Balaban J connectivity index is 1.36. The van der Waals surface area contributed by atoms with Crippen molar-refractivity contribution in [2.75, 3.05) is 38.2 Å². The molecule has 2 N–H and O–H groups in total. The van der Waals surface area contributed by atoms with E-state index in [-0.39, 0.29) is 18.6 Å². The van der Waals surface area contributed by atoms with Gasteiger partial charge in [0.05, 0.1) is 25.4 Å². The van der Waals surface area contributed by atoms with E-state index in [9.17, 15) is 9.59 Å². The fourth-order valence-electron chi connectivity index (χ4n) is 4.36. The van der Waals surface area contributed by atoms with Gasteiger partial charge in [0.1, 0.15) is 5.75 Å². The van der Waals surface area contributed by atoms with Crippen LogP contribution in [0.4, 0.5) is 5.69 Å². The number of nitrogens with one attached hydrogen (secondary N) is 2. The number of methoxy groups -OCH3 is 1. The quantitative estimate of drug-likeness (QED) is 0.470. The highest BCUT2D eigenvalue weighted by Gasteiger charge is 2.32. The molecule has 0 saturated carbocycles. The van der Waals surface area contributed by atoms with Crippen LogP contribution in [0.2, 0.25) is 0 Å². The number of anilines is 1. The number of piperazine rings is 1. The van der Waals surface area contributed by atoms with Crippen LogP contribution >= 0.6 is 11.3 Å². The maximum Gasteiger partial charge on any atom is 0.309 e. The summed E-state index contributed by atoms with van der Waals surface area (Å²) in [6.07, 6.45) is 1.66. The second-order valence-corrected chi connectivity index (χ2v) is 9.43. The van der Waals surface area contributed by atoms with Gasteiger partial charge in [0.25, 0.3) is 0 Å². The summed E-state index contributed by atoms with van der Waals surface area (Å²) in [7, 11) is 1.67. The van der Waals surface area contributed by atoms with E-state index in [1.807, 2.05) is 36.6 Å². The first-order valence-electron chi connectivity index (χ1n) is 11.7. The summed E-state index contributed by atoms with van der Waals surface area (Å²) in [6.45, 7) is 5.62. The van der Waals surface area contributed by atoms with Crippen LogP contribution in [0.1, 0.15) is 23.5 Å². The number of pyridine rings is 1. The standard InChI is InChI=1S/C26H31N5O3S/c1-19(29-26(33)25(32)28-18-20-6-3-4-12-27-20)24(23-7-5-17-35-23)31-15-13-30(14-16-31)21-8-10-22(34-2)11-9-21/h3-12,17,19,24H,13-16,18H2,1-2H3,(H,28,32)(H,29,33)/t19-,24+/m0/s1. The lowest BCUT2D eigenvalue weighted by molar-refractivity contribution is -0.140. The van der Waals surface area contributed by atoms with Crippen LogP contribution in [-0.2, 0) is 16.1 Å². The third-order valence-corrected chi connectivity index (χ3v) is 7.12. The van der Waals surface area contributed by atoms with Crippen LogP contribution < -0.4 is 20.3 Å². The predicted octanol–water partition coefficient (Wildman–Crippen LogP) is 2.84. The Morgan fingerprint density at radius 3 is 2.43 bits per heavy atom. The normalized spacial score (nSPS) is 15.8. The van der Waals surface area contributed by atoms with E-state index >= 15 is 0 Å². The van der Waals surface area contributed by atoms with Crippen molar-refractivity contribution in [2.24, 2.45) is 0 Å². The van der Waals surface area contributed by atoms with Gasteiger partial charge in [0.2, 0.25) is 0 Å². The molecule has 1 fully saturated rings. The fourth-order valence-corrected chi connectivity index (χ4v) is 5.32. The van der Waals surface area contributed by atoms with Crippen LogP contribution in [0.25, 0.3) is 0 Å². The molecule has 4 rings (SSSR count). The number of hydrogen-bond acceptors (Lipinski definition) is 7. The molecule has 1 aliphatic heterocycles. The molecule has 0 bridgehead atoms. The first-order chi connectivity index (χ1) is 17.0. The molecule has 3 aromatic rings. The number of carbonyl (C=O) groups is 2. The minimum atomic E-state index is -0.656. The Hall–Kier alpha value is -3.43. The van der Waals surface area contributed by atoms with Crippen molar-refractivity contribution in [1.29, 1.82) is 0 Å². The maximum absolute atomic E-state index is 12.6. The molecule has 184 valence electrons. The lowest BCUT2D eigenvalue weighted by Crippen LogP contribution is -2.53. The Morgan fingerprint density at radius 1 is 1.03 bits per heavy atom. The maximum atomic E-state index is 12.6. The molecule has 0 unspecified atom stereocenters. The number of amides is 2. The number of benzene rings is 1. The summed E-state index contributed by atoms with van der Waals surface area (Å²) in [4.78, 5) is 35.1. The third-order valence-electron chi connectivity index (χ3n) is 6.17. The zero-order chi connectivity index (χ0) is 24.6. The van der Waals surface area contributed by atoms with Crippen molar-refractivity contribution >= 4 is 28.8 Å². The molecule has 1 saturated heterocycles. The van der Waals surface area contributed by atoms with Crippen LogP contribution in [0.15, 0.2) is 66.2 Å². The highest BCUT2D eigenvalue weighted by atomic mass is 32.1. The molecule has 0 spiro atoms. The summed E-state index contributed by atoms with van der Waals surface area (Å²) in [5.41, 5.74) is 1.87. The molecule has 35 heavy (non-hydrogen) atoms. The molecular weight excluding hydrogens is 462 g/mol. The number of ether oxygens (including phenoxy) is 1. The highest BCUT2D eigenvalue weighted by Crippen LogP contribution is 2.30. The van der Waals surface area contributed by atoms with Gasteiger partial charge in [-0.3, -0.25) is 19.5 Å². The zero-order valence-corrected chi connectivity index (χ0v) is 20.8. The summed E-state index contributed by atoms with van der Waals surface area (Å²) < 4.78 is 5.27. The summed E-state index contributed by atoms with van der Waals surface area (Å²) in [5, 5.41) is 7.62. The molecule has 2 aromatic heterocycles. The van der Waals surface area contributed by atoms with E-state index in [0.717, 1.165) is 31.9 Å². The monoisotopic (exact) mass is 493 g/mol. The summed E-state index contributed by atoms with van der Waals surface area (Å²) >= 11 is 1.67. The lowest BCUT2D eigenvalue weighted by Gasteiger charge is -2.42. The van der Waals surface area contributed by atoms with Gasteiger partial charge in [-0.15, -0.1) is 11.3 Å². The fraction of sp³-hybridized carbons (Fsp3) is 0.346. The molecule has 2 atom stereocenters. The minimum absolute atomic E-state index is 0.0134. The van der Waals surface area contributed by atoms with E-state index in [1.165, 1.54) is 10.6 Å². The van der Waals surface area contributed by atoms with Crippen molar-refractivity contribution in [3.8, 4) is 5.75 Å². The number of nitrogens with zero attached hydrogens (tertiary/aromatic N) is 3. The molecule has 3 heterocycles. The van der Waals surface area contributed by atoms with E-state index in [2.05, 4.69) is 43.6 Å². The van der Waals surface area contributed by atoms with Crippen molar-refractivity contribution in [1.82, 2.24) is 20.5 Å². The minimum Gasteiger partial charge on any atom is -0.497 e. The van der Waals surface area contributed by atoms with Gasteiger partial charge in [0, 0.05) is 49.0 Å². The smallest absolute Gasteiger partial charge is 0.309 e. The van der Waals surface area contributed by atoms with E-state index in [4.69, 9.17) is 4.74 Å². The Bertz CT molecular complexity index is 1080. The van der Waals surface area contributed by atoms with E-state index in [1.54, 1.807) is 36.8 Å². The molecule has 0 radical (unpaired) electrons. The van der Waals surface area contributed by atoms with Crippen LogP contribution in [0, 0.1) is 0 Å². The average molecular weight is 494 g/mol. The summed E-state index contributed by atoms with van der Waals surface area (Å²) in [5.74, 6) is -0.442. The first-order valence-corrected chi connectivity index (χ1v) is 12.6. The number of carbonyl (C=O) groups excluding carboxylic acids is 2. The van der Waals surface area contributed by atoms with Crippen LogP contribution in [0.5, 0.6) is 5.75 Å².